The van der Waals surface area contributed by atoms with Crippen LogP contribution in [0, 0.1) is 13.8 Å². The average molecular weight is 1880 g/mol. The summed E-state index contributed by atoms with van der Waals surface area (Å²) in [5.41, 5.74) is 0.258. The molecule has 8 fully saturated rings. The third-order valence-electron chi connectivity index (χ3n) is 24.6. The highest BCUT2D eigenvalue weighted by Gasteiger charge is 2.66. The summed E-state index contributed by atoms with van der Waals surface area (Å²) in [6, 6.07) is 69.3. The largest absolute Gasteiger partial charge is 0.497 e. The molecule has 1 unspecified atom stereocenters. The number of carbonyl (C=O) groups is 2. The van der Waals surface area contributed by atoms with Crippen molar-refractivity contribution in [1.82, 2.24) is 37.8 Å². The zero-order valence-corrected chi connectivity index (χ0v) is 79.1. The van der Waals surface area contributed by atoms with Gasteiger partial charge in [-0.1, -0.05) is 205 Å². The van der Waals surface area contributed by atoms with E-state index >= 15 is 0 Å². The lowest BCUT2D eigenvalue weighted by atomic mass is 9.79. The number of methoxy groups -OCH3 is 4. The summed E-state index contributed by atoms with van der Waals surface area (Å²) >= 11 is 8.36. The Morgan fingerprint density at radius 2 is 0.777 bits per heavy atom. The highest BCUT2D eigenvalue weighted by atomic mass is 32.7. The lowest BCUT2D eigenvalue weighted by Crippen LogP contribution is -2.49. The van der Waals surface area contributed by atoms with Crippen LogP contribution in [0.3, 0.4) is 0 Å². The molecule has 3 N–H and O–H groups in total. The Bertz CT molecular complexity index is 5460. The van der Waals surface area contributed by atoms with Gasteiger partial charge in [0, 0.05) is 104 Å². The highest BCUT2D eigenvalue weighted by Crippen LogP contribution is 2.62. The van der Waals surface area contributed by atoms with E-state index < -0.39 is 89.3 Å². The number of aliphatic hydroxyl groups excluding tert-OH is 1. The van der Waals surface area contributed by atoms with Crippen LogP contribution in [-0.4, -0.2) is 219 Å². The summed E-state index contributed by atoms with van der Waals surface area (Å²) in [7, 11) is 5.17. The van der Waals surface area contributed by atoms with Gasteiger partial charge in [0.15, 0.2) is 20.0 Å². The number of ether oxygens (including phenoxy) is 10. The van der Waals surface area contributed by atoms with Crippen LogP contribution < -0.4 is 41.4 Å². The number of rotatable bonds is 32. The van der Waals surface area contributed by atoms with Gasteiger partial charge in [-0.3, -0.25) is 57.0 Å². The van der Waals surface area contributed by atoms with Crippen molar-refractivity contribution in [1.29, 1.82) is 0 Å². The van der Waals surface area contributed by atoms with Crippen LogP contribution >= 0.6 is 63.4 Å². The maximum atomic E-state index is 13.4. The van der Waals surface area contributed by atoms with Crippen molar-refractivity contribution in [2.24, 2.45) is 0 Å². The molecule has 0 spiro atoms. The molecule has 10 heterocycles. The van der Waals surface area contributed by atoms with E-state index in [0.29, 0.717) is 51.2 Å². The monoisotopic (exact) mass is 1880 g/mol. The fourth-order valence-corrected chi connectivity index (χ4v) is 27.0. The van der Waals surface area contributed by atoms with Crippen LogP contribution in [0.5, 0.6) is 23.0 Å². The van der Waals surface area contributed by atoms with Crippen molar-refractivity contribution >= 4 is 73.6 Å². The number of thiol groups is 1. The van der Waals surface area contributed by atoms with Gasteiger partial charge in [-0.2, -0.15) is 12.6 Å². The van der Waals surface area contributed by atoms with E-state index in [4.69, 9.17) is 51.9 Å². The second kappa shape index (κ2) is 45.0. The van der Waals surface area contributed by atoms with Crippen LogP contribution in [0.2, 0.25) is 0 Å². The SMILES string of the molecule is C1CCN(P(N2CCCC2)N2CCCC2)C1.COc1ccc(C(OC[C@@]23CO[C@@H]([C@H](n4cc(C)c(=O)[nH]c4=O)O2)[C@@H]3O)(c2ccccc2)c2ccc(OC)cc2)cc1.COc1ccc(C(OC[C@@]23CO[C@@H]([C@H](n4cc(C)c(=O)[nH]c4=O)O2)[C@@H]3OP(SCCSC(=O)c2ccccc2)N2CCCC2)(c2ccccc2)c2ccc(OC)cc2)cc1.O=C(SCCS)c1ccccc1. The molecule has 0 amide bonds. The molecule has 0 saturated carbocycles. The number of thioether (sulfide) groups is 2. The number of hydrogen-bond acceptors (Lipinski definition) is 26. The molecular weight excluding hydrogens is 1770 g/mol. The Morgan fingerprint density at radius 3 is 1.16 bits per heavy atom. The molecule has 130 heavy (non-hydrogen) atoms. The van der Waals surface area contributed by atoms with Gasteiger partial charge in [0.25, 0.3) is 11.1 Å². The van der Waals surface area contributed by atoms with Gasteiger partial charge in [-0.25, -0.2) is 9.59 Å². The van der Waals surface area contributed by atoms with Crippen molar-refractivity contribution in [3.05, 3.63) is 328 Å². The molecule has 4 bridgehead atoms. The molecule has 0 aliphatic carbocycles. The molecule has 32 heteroatoms. The highest BCUT2D eigenvalue weighted by molar-refractivity contribution is 8.53. The molecule has 2 aromatic heterocycles. The molecular formula is C98H114N8O18P2S4. The Hall–Kier alpha value is -8.56. The summed E-state index contributed by atoms with van der Waals surface area (Å²) in [4.78, 5) is 79.6. The first-order chi connectivity index (χ1) is 63.3. The molecule has 10 aromatic rings. The summed E-state index contributed by atoms with van der Waals surface area (Å²) in [5.74, 6) is 5.60. The van der Waals surface area contributed by atoms with Crippen molar-refractivity contribution < 1.29 is 66.6 Å². The van der Waals surface area contributed by atoms with Gasteiger partial charge in [0.2, 0.25) is 10.2 Å². The second-order valence-corrected chi connectivity index (χ2v) is 41.4. The minimum atomic E-state index is -1.28. The second-order valence-electron chi connectivity index (χ2n) is 32.9. The van der Waals surface area contributed by atoms with E-state index in [1.165, 1.54) is 123 Å². The van der Waals surface area contributed by atoms with E-state index in [1.807, 2.05) is 218 Å². The zero-order chi connectivity index (χ0) is 90.8. The van der Waals surface area contributed by atoms with E-state index in [9.17, 15) is 33.9 Å². The number of H-pyrrole nitrogens is 2. The quantitative estimate of drug-likeness (QED) is 0.0132. The number of nitrogens with one attached hydrogen (secondary N) is 2. The van der Waals surface area contributed by atoms with Crippen LogP contribution in [0.1, 0.15) is 129 Å². The van der Waals surface area contributed by atoms with Crippen molar-refractivity contribution in [2.45, 2.75) is 124 Å². The first-order valence-electron chi connectivity index (χ1n) is 44.2. The normalized spacial score (nSPS) is 22.2. The van der Waals surface area contributed by atoms with Gasteiger partial charge in [-0.15, -0.1) is 0 Å². The number of nitrogens with zero attached hydrogens (tertiary/aromatic N) is 6. The summed E-state index contributed by atoms with van der Waals surface area (Å²) < 4.78 is 83.0. The van der Waals surface area contributed by atoms with E-state index in [0.717, 1.165) is 76.4 Å². The first-order valence-corrected chi connectivity index (χ1v) is 50.8. The van der Waals surface area contributed by atoms with E-state index in [-0.39, 0.29) is 45.0 Å². The van der Waals surface area contributed by atoms with Gasteiger partial charge < -0.3 is 57.0 Å². The Morgan fingerprint density at radius 1 is 0.446 bits per heavy atom. The Kier molecular flexibility index (Phi) is 33.2. The number of aliphatic hydroxyl groups is 1. The number of aromatic amines is 2. The van der Waals surface area contributed by atoms with Gasteiger partial charge in [-0.05, 0) is 153 Å². The standard InChI is InChI=1S/C45H48N3O9PS2.C32H32N2O8.C12H24N3P.C9H10OS2/c1-31-28-48(43(51)46-40(31)49)41-38-39(57-58(47-24-10-11-25-47)60-27-26-59-42(50)32-12-6-4-7-13-32)44(56-41,29-54-38)30-55-45(33-14-8-5-9-15-33,34-16-20-36(52-2)21-17-34)35-18-22-37(53-3)23-19-35;1-20-17-34(30(37)33-28(20)36)29-26-27(35)31(42-29,18-40-26)19-41-32(21-7-5-4-6-8-21,22-9-13-24(38-2)14-10-22)23-11-15-25(39-3)16-12-23;1-2-8-13(7-1)16(14-9-3-4-10-14)15-11-5-6-12-15;10-9(12-7-6-11)8-4-2-1-3-5-8/h4-9,12-23,28,38-39,41H,10-11,24-27,29-30H2,1-3H3,(H,46,49,51);4-17,26-27,29,35H,18-19H2,1-3H3,(H,33,36,37);1-12H2;1-5,11H,6-7H2/t38-,39+,41-,44-,58?;26-,27+,29-,31-;;/m11../s1. The zero-order valence-electron chi connectivity index (χ0n) is 74.0. The van der Waals surface area contributed by atoms with E-state index in [1.54, 1.807) is 53.7 Å². The lowest BCUT2D eigenvalue weighted by Gasteiger charge is -2.40. The molecule has 8 aromatic carbocycles. The third-order valence-corrected chi connectivity index (χ3v) is 34.0. The maximum absolute atomic E-state index is 13.4. The van der Waals surface area contributed by atoms with Gasteiger partial charge in [0.1, 0.15) is 78.2 Å². The predicted octanol–water partition coefficient (Wildman–Crippen LogP) is 15.4. The summed E-state index contributed by atoms with van der Waals surface area (Å²) in [5, 5.41) is 11.6. The summed E-state index contributed by atoms with van der Waals surface area (Å²) in [6.07, 6.45) is 8.47. The predicted molar refractivity (Wildman–Crippen MR) is 515 cm³/mol. The molecule has 8 aliphatic heterocycles. The number of hydrogen-bond donors (Lipinski definition) is 4. The number of fused-ring (bicyclic) bond motifs is 4. The smallest absolute Gasteiger partial charge is 0.330 e. The number of carbonyl (C=O) groups excluding carboxylic acids is 2. The fraction of sp³-hybridized carbons (Fsp3) is 0.408. The van der Waals surface area contributed by atoms with Crippen LogP contribution in [0.15, 0.2) is 250 Å². The Labute approximate surface area is 778 Å². The van der Waals surface area contributed by atoms with Crippen LogP contribution in [0.4, 0.5) is 0 Å². The van der Waals surface area contributed by atoms with Gasteiger partial charge in [0.05, 0.1) is 54.9 Å². The molecule has 18 rings (SSSR count). The van der Waals surface area contributed by atoms with Crippen molar-refractivity contribution in [3.63, 3.8) is 0 Å². The fourth-order valence-electron chi connectivity index (χ4n) is 17.8. The molecule has 8 saturated heterocycles. The Balaban J connectivity index is 0.000000158. The van der Waals surface area contributed by atoms with E-state index in [2.05, 4.69) is 41.3 Å². The molecule has 0 radical (unpaired) electrons. The van der Waals surface area contributed by atoms with Crippen molar-refractivity contribution in [3.8, 4) is 23.0 Å². The van der Waals surface area contributed by atoms with Gasteiger partial charge >= 0.3 is 11.4 Å². The maximum Gasteiger partial charge on any atom is 0.330 e. The molecule has 9 atom stereocenters. The molecule has 688 valence electrons. The number of benzene rings is 8. The van der Waals surface area contributed by atoms with Crippen LogP contribution in [0.25, 0.3) is 0 Å². The first kappa shape index (κ1) is 96.0. The number of aromatic nitrogens is 4. The number of aryl methyl sites for hydroxylation is 2. The van der Waals surface area contributed by atoms with Crippen molar-refractivity contribution in [2.75, 3.05) is 130 Å². The summed E-state index contributed by atoms with van der Waals surface area (Å²) in [6.45, 7) is 13.3. The minimum absolute atomic E-state index is 0.00394. The van der Waals surface area contributed by atoms with Crippen LogP contribution in [-0.2, 0) is 44.1 Å². The molecule has 26 nitrogen and oxygen atoms in total. The topological polar surface area (TPSA) is 279 Å². The lowest BCUT2D eigenvalue weighted by molar-refractivity contribution is -0.204. The minimum Gasteiger partial charge on any atom is -0.497 e. The third kappa shape index (κ3) is 21.6. The average Bonchev–Trinajstić information content (AvgIpc) is 1.56. The molecule has 8 aliphatic rings.